The summed E-state index contributed by atoms with van der Waals surface area (Å²) in [7, 11) is 0. The number of aromatic amines is 1. The second kappa shape index (κ2) is 4.49. The molecule has 1 N–H and O–H groups in total. The zero-order valence-corrected chi connectivity index (χ0v) is 9.18. The molecule has 0 fully saturated rings. The van der Waals surface area contributed by atoms with Gasteiger partial charge < -0.3 is 4.98 Å². The van der Waals surface area contributed by atoms with E-state index in [1.165, 1.54) is 0 Å². The minimum Gasteiger partial charge on any atom is -0.328 e. The van der Waals surface area contributed by atoms with Gasteiger partial charge in [-0.05, 0) is 6.07 Å². The van der Waals surface area contributed by atoms with Crippen molar-refractivity contribution in [3.63, 3.8) is 0 Å². The minimum absolute atomic E-state index is 0.433. The number of rotatable bonds is 1. The summed E-state index contributed by atoms with van der Waals surface area (Å²) in [6.45, 7) is 0. The fourth-order valence-electron chi connectivity index (χ4n) is 1.64. The molecule has 2 nitrogen and oxygen atoms in total. The molecule has 0 aliphatic heterocycles. The van der Waals surface area contributed by atoms with Gasteiger partial charge in [0.25, 0.3) is 0 Å². The molecule has 0 atom stereocenters. The number of hydrogen-bond donors (Lipinski definition) is 1. The van der Waals surface area contributed by atoms with E-state index < -0.39 is 40.1 Å². The minimum atomic E-state index is -4.79. The summed E-state index contributed by atoms with van der Waals surface area (Å²) in [5.74, 6) is -2.72. The van der Waals surface area contributed by atoms with Crippen LogP contribution >= 0.6 is 0 Å². The Morgan fingerprint density at radius 2 is 1.74 bits per heavy atom. The monoisotopic (exact) mass is 275 g/mol. The van der Waals surface area contributed by atoms with Crippen LogP contribution in [0, 0.1) is 11.6 Å². The predicted molar refractivity (Wildman–Crippen MR) is 57.4 cm³/mol. The summed E-state index contributed by atoms with van der Waals surface area (Å²) in [5.41, 5.74) is -3.39. The van der Waals surface area contributed by atoms with Gasteiger partial charge in [0.05, 0.1) is 5.56 Å². The number of halogens is 5. The molecular weight excluding hydrogens is 269 g/mol. The number of aromatic nitrogens is 1. The van der Waals surface area contributed by atoms with Crippen molar-refractivity contribution in [3.05, 3.63) is 58.0 Å². The van der Waals surface area contributed by atoms with Crippen molar-refractivity contribution in [2.45, 2.75) is 6.18 Å². The Morgan fingerprint density at radius 3 is 2.37 bits per heavy atom. The number of alkyl halides is 3. The van der Waals surface area contributed by atoms with Crippen molar-refractivity contribution in [2.24, 2.45) is 0 Å². The number of nitrogens with one attached hydrogen (secondary N) is 1. The van der Waals surface area contributed by atoms with Crippen LogP contribution in [-0.4, -0.2) is 4.98 Å². The Balaban J connectivity index is 2.78. The highest BCUT2D eigenvalue weighted by Crippen LogP contribution is 2.36. The van der Waals surface area contributed by atoms with Crippen molar-refractivity contribution < 1.29 is 22.0 Å². The third-order valence-electron chi connectivity index (χ3n) is 2.47. The van der Waals surface area contributed by atoms with Gasteiger partial charge in [-0.1, -0.05) is 12.1 Å². The molecule has 0 aliphatic carbocycles. The van der Waals surface area contributed by atoms with Crippen LogP contribution in [-0.2, 0) is 6.18 Å². The van der Waals surface area contributed by atoms with E-state index in [9.17, 15) is 26.7 Å². The van der Waals surface area contributed by atoms with Crippen LogP contribution in [0.3, 0.4) is 0 Å². The van der Waals surface area contributed by atoms with Crippen molar-refractivity contribution in [2.75, 3.05) is 0 Å². The first-order valence-electron chi connectivity index (χ1n) is 5.05. The van der Waals surface area contributed by atoms with E-state index in [0.29, 0.717) is 12.3 Å². The molecule has 7 heteroatoms. The van der Waals surface area contributed by atoms with Gasteiger partial charge in [-0.15, -0.1) is 0 Å². The standard InChI is InChI=1S/C12H6F5NO/c13-9-3-1-2-6(11(9)14)7-4-10(19)18-5-8(7)12(15,16)17/h1-5H,(H,18,19). The van der Waals surface area contributed by atoms with Gasteiger partial charge in [-0.3, -0.25) is 4.79 Å². The van der Waals surface area contributed by atoms with Crippen molar-refractivity contribution in [1.82, 2.24) is 4.98 Å². The zero-order valence-electron chi connectivity index (χ0n) is 9.18. The smallest absolute Gasteiger partial charge is 0.328 e. The van der Waals surface area contributed by atoms with Crippen LogP contribution in [0.25, 0.3) is 11.1 Å². The fourth-order valence-corrected chi connectivity index (χ4v) is 1.64. The summed E-state index contributed by atoms with van der Waals surface area (Å²) in [5, 5.41) is 0. The molecule has 0 spiro atoms. The van der Waals surface area contributed by atoms with E-state index in [1.54, 1.807) is 0 Å². The van der Waals surface area contributed by atoms with Gasteiger partial charge in [0.1, 0.15) is 0 Å². The van der Waals surface area contributed by atoms with E-state index in [4.69, 9.17) is 0 Å². The Kier molecular flexibility index (Phi) is 3.13. The largest absolute Gasteiger partial charge is 0.418 e. The van der Waals surface area contributed by atoms with E-state index in [0.717, 1.165) is 18.2 Å². The SMILES string of the molecule is O=c1cc(-c2cccc(F)c2F)c(C(F)(F)F)c[nH]1. The molecule has 2 rings (SSSR count). The van der Waals surface area contributed by atoms with E-state index in [1.807, 2.05) is 4.98 Å². The highest BCUT2D eigenvalue weighted by Gasteiger charge is 2.34. The van der Waals surface area contributed by atoms with E-state index >= 15 is 0 Å². The predicted octanol–water partition coefficient (Wildman–Crippen LogP) is 3.34. The number of H-pyrrole nitrogens is 1. The first kappa shape index (κ1) is 13.3. The average molecular weight is 275 g/mol. The number of hydrogen-bond acceptors (Lipinski definition) is 1. The van der Waals surface area contributed by atoms with E-state index in [2.05, 4.69) is 0 Å². The van der Waals surface area contributed by atoms with E-state index in [-0.39, 0.29) is 0 Å². The quantitative estimate of drug-likeness (QED) is 0.795. The lowest BCUT2D eigenvalue weighted by molar-refractivity contribution is -0.137. The molecule has 1 aromatic carbocycles. The maximum absolute atomic E-state index is 13.5. The van der Waals surface area contributed by atoms with Crippen LogP contribution in [0.5, 0.6) is 0 Å². The summed E-state index contributed by atoms with van der Waals surface area (Å²) in [6.07, 6.45) is -4.36. The second-order valence-electron chi connectivity index (χ2n) is 3.72. The zero-order chi connectivity index (χ0) is 14.2. The van der Waals surface area contributed by atoms with Gasteiger partial charge in [0.2, 0.25) is 5.56 Å². The van der Waals surface area contributed by atoms with Gasteiger partial charge in [0.15, 0.2) is 11.6 Å². The number of benzene rings is 1. The average Bonchev–Trinajstić information content (AvgIpc) is 2.31. The van der Waals surface area contributed by atoms with Crippen molar-refractivity contribution >= 4 is 0 Å². The van der Waals surface area contributed by atoms with Gasteiger partial charge in [-0.25, -0.2) is 8.78 Å². The Bertz CT molecular complexity index is 675. The molecule has 0 saturated carbocycles. The Hall–Kier alpha value is -2.18. The van der Waals surface area contributed by atoms with Gasteiger partial charge in [0, 0.05) is 23.4 Å². The highest BCUT2D eigenvalue weighted by atomic mass is 19.4. The fraction of sp³-hybridized carbons (Fsp3) is 0.0833. The second-order valence-corrected chi connectivity index (χ2v) is 3.72. The molecule has 2 aromatic rings. The summed E-state index contributed by atoms with van der Waals surface area (Å²) in [6, 6.07) is 3.40. The first-order valence-corrected chi connectivity index (χ1v) is 5.05. The third kappa shape index (κ3) is 2.49. The molecule has 1 aromatic heterocycles. The Labute approximate surface area is 103 Å². The third-order valence-corrected chi connectivity index (χ3v) is 2.47. The summed E-state index contributed by atoms with van der Waals surface area (Å²) >= 11 is 0. The van der Waals surface area contributed by atoms with Crippen LogP contribution in [0.4, 0.5) is 22.0 Å². The lowest BCUT2D eigenvalue weighted by atomic mass is 10.0. The van der Waals surface area contributed by atoms with Crippen LogP contribution in [0.15, 0.2) is 35.3 Å². The topological polar surface area (TPSA) is 32.9 Å². The van der Waals surface area contributed by atoms with Crippen LogP contribution in [0.2, 0.25) is 0 Å². The molecule has 0 bridgehead atoms. The molecule has 0 saturated heterocycles. The normalized spacial score (nSPS) is 11.6. The van der Waals surface area contributed by atoms with Gasteiger partial charge >= 0.3 is 6.18 Å². The van der Waals surface area contributed by atoms with Crippen molar-refractivity contribution in [3.8, 4) is 11.1 Å². The molecule has 0 amide bonds. The lowest BCUT2D eigenvalue weighted by Crippen LogP contribution is -2.14. The maximum atomic E-state index is 13.5. The molecule has 1 heterocycles. The van der Waals surface area contributed by atoms with Gasteiger partial charge in [-0.2, -0.15) is 13.2 Å². The van der Waals surface area contributed by atoms with Crippen LogP contribution < -0.4 is 5.56 Å². The molecular formula is C12H6F5NO. The Morgan fingerprint density at radius 1 is 1.05 bits per heavy atom. The first-order chi connectivity index (χ1) is 8.80. The van der Waals surface area contributed by atoms with Crippen LogP contribution in [0.1, 0.15) is 5.56 Å². The molecule has 19 heavy (non-hydrogen) atoms. The number of pyridine rings is 1. The molecule has 0 radical (unpaired) electrons. The summed E-state index contributed by atoms with van der Waals surface area (Å²) < 4.78 is 64.9. The van der Waals surface area contributed by atoms with Crippen molar-refractivity contribution in [1.29, 1.82) is 0 Å². The summed E-state index contributed by atoms with van der Waals surface area (Å²) in [4.78, 5) is 13.0. The molecule has 0 aliphatic rings. The lowest BCUT2D eigenvalue weighted by Gasteiger charge is -2.12. The maximum Gasteiger partial charge on any atom is 0.418 e. The molecule has 0 unspecified atom stereocenters. The highest BCUT2D eigenvalue weighted by molar-refractivity contribution is 5.68. The molecule has 100 valence electrons.